The lowest BCUT2D eigenvalue weighted by Gasteiger charge is -2.31. The predicted molar refractivity (Wildman–Crippen MR) is 60.5 cm³/mol. The summed E-state index contributed by atoms with van der Waals surface area (Å²) in [6, 6.07) is 1.69. The molecule has 0 radical (unpaired) electrons. The molecule has 0 aromatic carbocycles. The second-order valence-corrected chi connectivity index (χ2v) is 4.86. The molecule has 2 nitrogen and oxygen atoms in total. The Bertz CT molecular complexity index is 166. The van der Waals surface area contributed by atoms with Crippen molar-refractivity contribution in [3.05, 3.63) is 0 Å². The fourth-order valence-electron chi connectivity index (χ4n) is 2.55. The smallest absolute Gasteiger partial charge is 0.00823 e. The van der Waals surface area contributed by atoms with Crippen molar-refractivity contribution < 1.29 is 0 Å². The highest BCUT2D eigenvalue weighted by Crippen LogP contribution is 2.21. The summed E-state index contributed by atoms with van der Waals surface area (Å²) in [5.74, 6) is 0. The van der Waals surface area contributed by atoms with Gasteiger partial charge < -0.3 is 10.2 Å². The first-order valence-corrected chi connectivity index (χ1v) is 6.37. The Balaban J connectivity index is 1.71. The summed E-state index contributed by atoms with van der Waals surface area (Å²) in [6.45, 7) is 6.13. The predicted octanol–water partition coefficient (Wildman–Crippen LogP) is 2.00. The Hall–Kier alpha value is -0.0800. The summed E-state index contributed by atoms with van der Waals surface area (Å²) in [5, 5.41) is 3.81. The van der Waals surface area contributed by atoms with Crippen LogP contribution in [0.4, 0.5) is 0 Å². The van der Waals surface area contributed by atoms with Crippen molar-refractivity contribution in [2.24, 2.45) is 0 Å². The van der Waals surface area contributed by atoms with Crippen LogP contribution in [0.2, 0.25) is 0 Å². The SMILES string of the molecule is CCN1CCCC(NC2CCC2)CC1. The van der Waals surface area contributed by atoms with Crippen LogP contribution in [0, 0.1) is 0 Å². The lowest BCUT2D eigenvalue weighted by Crippen LogP contribution is -2.42. The average molecular weight is 196 g/mol. The third-order valence-corrected chi connectivity index (χ3v) is 3.84. The molecule has 0 aromatic heterocycles. The van der Waals surface area contributed by atoms with Crippen molar-refractivity contribution in [2.45, 2.75) is 57.5 Å². The zero-order chi connectivity index (χ0) is 9.80. The van der Waals surface area contributed by atoms with Gasteiger partial charge in [0.05, 0.1) is 0 Å². The van der Waals surface area contributed by atoms with Crippen LogP contribution in [0.15, 0.2) is 0 Å². The molecule has 2 fully saturated rings. The van der Waals surface area contributed by atoms with Gasteiger partial charge in [-0.1, -0.05) is 13.3 Å². The Morgan fingerprint density at radius 1 is 1.00 bits per heavy atom. The van der Waals surface area contributed by atoms with Crippen LogP contribution in [0.1, 0.15) is 45.4 Å². The molecular formula is C12H24N2. The summed E-state index contributed by atoms with van der Waals surface area (Å²) >= 11 is 0. The molecule has 1 aliphatic carbocycles. The van der Waals surface area contributed by atoms with E-state index in [0.29, 0.717) is 0 Å². The maximum absolute atomic E-state index is 3.81. The molecule has 0 bridgehead atoms. The molecule has 0 aromatic rings. The number of rotatable bonds is 3. The molecule has 2 heteroatoms. The molecule has 1 heterocycles. The van der Waals surface area contributed by atoms with Crippen molar-refractivity contribution in [1.29, 1.82) is 0 Å². The maximum atomic E-state index is 3.81. The minimum absolute atomic E-state index is 0.817. The van der Waals surface area contributed by atoms with E-state index in [0.717, 1.165) is 12.1 Å². The summed E-state index contributed by atoms with van der Waals surface area (Å²) in [7, 11) is 0. The lowest BCUT2D eigenvalue weighted by atomic mass is 9.91. The molecule has 1 atom stereocenters. The van der Waals surface area contributed by atoms with E-state index >= 15 is 0 Å². The number of nitrogens with zero attached hydrogens (tertiary/aromatic N) is 1. The lowest BCUT2D eigenvalue weighted by molar-refractivity contribution is 0.276. The highest BCUT2D eigenvalue weighted by molar-refractivity contribution is 4.82. The van der Waals surface area contributed by atoms with Crippen LogP contribution in [-0.2, 0) is 0 Å². The number of hydrogen-bond acceptors (Lipinski definition) is 2. The highest BCUT2D eigenvalue weighted by Gasteiger charge is 2.22. The first kappa shape index (κ1) is 10.4. The highest BCUT2D eigenvalue weighted by atomic mass is 15.1. The Morgan fingerprint density at radius 3 is 2.36 bits per heavy atom. The minimum Gasteiger partial charge on any atom is -0.311 e. The fourth-order valence-corrected chi connectivity index (χ4v) is 2.55. The van der Waals surface area contributed by atoms with E-state index in [1.807, 2.05) is 0 Å². The third kappa shape index (κ3) is 2.71. The van der Waals surface area contributed by atoms with Gasteiger partial charge in [0.25, 0.3) is 0 Å². The molecule has 0 amide bonds. The number of likely N-dealkylation sites (tertiary alicyclic amines) is 1. The monoisotopic (exact) mass is 196 g/mol. The zero-order valence-corrected chi connectivity index (χ0v) is 9.47. The molecule has 1 N–H and O–H groups in total. The normalized spacial score (nSPS) is 31.1. The van der Waals surface area contributed by atoms with Gasteiger partial charge in [-0.25, -0.2) is 0 Å². The van der Waals surface area contributed by atoms with Crippen LogP contribution in [0.25, 0.3) is 0 Å². The molecule has 1 saturated heterocycles. The molecule has 1 unspecified atom stereocenters. The maximum Gasteiger partial charge on any atom is 0.00823 e. The molecule has 2 rings (SSSR count). The second-order valence-electron chi connectivity index (χ2n) is 4.86. The van der Waals surface area contributed by atoms with Crippen molar-refractivity contribution in [3.63, 3.8) is 0 Å². The van der Waals surface area contributed by atoms with E-state index < -0.39 is 0 Å². The fraction of sp³-hybridized carbons (Fsp3) is 1.00. The topological polar surface area (TPSA) is 15.3 Å². The Kier molecular flexibility index (Phi) is 3.82. The largest absolute Gasteiger partial charge is 0.311 e. The third-order valence-electron chi connectivity index (χ3n) is 3.84. The van der Waals surface area contributed by atoms with E-state index in [9.17, 15) is 0 Å². The van der Waals surface area contributed by atoms with Gasteiger partial charge in [0, 0.05) is 12.1 Å². The Labute approximate surface area is 88.1 Å². The molecule has 82 valence electrons. The van der Waals surface area contributed by atoms with Gasteiger partial charge in [-0.3, -0.25) is 0 Å². The molecule has 0 spiro atoms. The van der Waals surface area contributed by atoms with Gasteiger partial charge in [-0.15, -0.1) is 0 Å². The van der Waals surface area contributed by atoms with Crippen molar-refractivity contribution in [3.8, 4) is 0 Å². The van der Waals surface area contributed by atoms with Gasteiger partial charge in [-0.2, -0.15) is 0 Å². The van der Waals surface area contributed by atoms with Crippen molar-refractivity contribution in [2.75, 3.05) is 19.6 Å². The molecule has 1 aliphatic heterocycles. The second kappa shape index (κ2) is 5.13. The quantitative estimate of drug-likeness (QED) is 0.743. The summed E-state index contributed by atoms with van der Waals surface area (Å²) < 4.78 is 0. The van der Waals surface area contributed by atoms with Gasteiger partial charge in [-0.05, 0) is 51.7 Å². The summed E-state index contributed by atoms with van der Waals surface area (Å²) in [5.41, 5.74) is 0. The summed E-state index contributed by atoms with van der Waals surface area (Å²) in [6.07, 6.45) is 8.45. The van der Waals surface area contributed by atoms with E-state index in [4.69, 9.17) is 0 Å². The first-order valence-electron chi connectivity index (χ1n) is 6.37. The van der Waals surface area contributed by atoms with Gasteiger partial charge >= 0.3 is 0 Å². The minimum atomic E-state index is 0.817. The van der Waals surface area contributed by atoms with Gasteiger partial charge in [0.2, 0.25) is 0 Å². The average Bonchev–Trinajstić information content (AvgIpc) is 2.36. The van der Waals surface area contributed by atoms with Gasteiger partial charge in [0.1, 0.15) is 0 Å². The first-order chi connectivity index (χ1) is 6.88. The zero-order valence-electron chi connectivity index (χ0n) is 9.47. The van der Waals surface area contributed by atoms with Crippen molar-refractivity contribution in [1.82, 2.24) is 10.2 Å². The number of nitrogens with one attached hydrogen (secondary N) is 1. The van der Waals surface area contributed by atoms with E-state index in [-0.39, 0.29) is 0 Å². The number of hydrogen-bond donors (Lipinski definition) is 1. The van der Waals surface area contributed by atoms with E-state index in [2.05, 4.69) is 17.1 Å². The molecular weight excluding hydrogens is 172 g/mol. The molecule has 14 heavy (non-hydrogen) atoms. The van der Waals surface area contributed by atoms with E-state index in [1.165, 1.54) is 58.2 Å². The van der Waals surface area contributed by atoms with Crippen LogP contribution < -0.4 is 5.32 Å². The van der Waals surface area contributed by atoms with Crippen LogP contribution in [0.3, 0.4) is 0 Å². The van der Waals surface area contributed by atoms with Crippen LogP contribution in [-0.4, -0.2) is 36.6 Å². The molecule has 2 aliphatic rings. The van der Waals surface area contributed by atoms with E-state index in [1.54, 1.807) is 0 Å². The molecule has 1 saturated carbocycles. The standard InChI is InChI=1S/C12H24N2/c1-2-14-9-4-7-12(8-10-14)13-11-5-3-6-11/h11-13H,2-10H2,1H3. The van der Waals surface area contributed by atoms with Crippen LogP contribution >= 0.6 is 0 Å². The van der Waals surface area contributed by atoms with Crippen molar-refractivity contribution >= 4 is 0 Å². The van der Waals surface area contributed by atoms with Gasteiger partial charge in [0.15, 0.2) is 0 Å². The summed E-state index contributed by atoms with van der Waals surface area (Å²) in [4.78, 5) is 2.59. The Morgan fingerprint density at radius 2 is 1.71 bits per heavy atom. The van der Waals surface area contributed by atoms with Crippen LogP contribution in [0.5, 0.6) is 0 Å².